The van der Waals surface area contributed by atoms with Crippen LogP contribution in [0.15, 0.2) is 72.8 Å². The lowest BCUT2D eigenvalue weighted by molar-refractivity contribution is -0.130. The van der Waals surface area contributed by atoms with Crippen LogP contribution in [0, 0.1) is 0 Å². The molecule has 2 aromatic rings. The Kier molecular flexibility index (Phi) is 4.94. The van der Waals surface area contributed by atoms with E-state index in [0.29, 0.717) is 17.7 Å². The summed E-state index contributed by atoms with van der Waals surface area (Å²) in [4.78, 5) is 11.8. The van der Waals surface area contributed by atoms with Gasteiger partial charge in [0.05, 0.1) is 0 Å². The Balaban J connectivity index is 1.87. The Bertz CT molecular complexity index is 640. The summed E-state index contributed by atoms with van der Waals surface area (Å²) in [7, 11) is 0. The average molecular weight is 280 g/mol. The van der Waals surface area contributed by atoms with Gasteiger partial charge in [0.25, 0.3) is 0 Å². The van der Waals surface area contributed by atoms with Crippen LogP contribution in [0.2, 0.25) is 0 Å². The van der Waals surface area contributed by atoms with Gasteiger partial charge in [-0.1, -0.05) is 49.1 Å². The maximum absolute atomic E-state index is 11.8. The van der Waals surface area contributed by atoms with E-state index < -0.39 is 5.97 Å². The number of carbonyl (C=O) groups excluding carboxylic acids is 1. The molecule has 0 aliphatic heterocycles. The van der Waals surface area contributed by atoms with Gasteiger partial charge in [0.1, 0.15) is 11.5 Å². The summed E-state index contributed by atoms with van der Waals surface area (Å²) in [6.45, 7) is 3.72. The third-order valence-corrected chi connectivity index (χ3v) is 2.81. The summed E-state index contributed by atoms with van der Waals surface area (Å²) >= 11 is 0. The van der Waals surface area contributed by atoms with Gasteiger partial charge >= 0.3 is 5.97 Å². The van der Waals surface area contributed by atoms with E-state index in [2.05, 4.69) is 6.58 Å². The number of allylic oxidation sites excluding steroid dienone is 1. The Hall–Kier alpha value is -2.81. The van der Waals surface area contributed by atoms with Crippen LogP contribution in [-0.2, 0) is 4.79 Å². The summed E-state index contributed by atoms with van der Waals surface area (Å²) in [5, 5.41) is 9.16. The number of rotatable bonds is 5. The van der Waals surface area contributed by atoms with Crippen molar-refractivity contribution in [2.45, 2.75) is 6.42 Å². The van der Waals surface area contributed by atoms with Gasteiger partial charge in [0, 0.05) is 5.57 Å². The molecule has 2 rings (SSSR count). The second-order valence-electron chi connectivity index (χ2n) is 4.50. The van der Waals surface area contributed by atoms with Crippen LogP contribution in [0.5, 0.6) is 11.5 Å². The van der Waals surface area contributed by atoms with Crippen molar-refractivity contribution in [2.75, 3.05) is 0 Å². The molecule has 3 nitrogen and oxygen atoms in total. The van der Waals surface area contributed by atoms with Crippen molar-refractivity contribution in [3.8, 4) is 11.5 Å². The van der Waals surface area contributed by atoms with Crippen LogP contribution >= 0.6 is 0 Å². The first kappa shape index (κ1) is 14.6. The van der Waals surface area contributed by atoms with Crippen molar-refractivity contribution in [1.82, 2.24) is 0 Å². The van der Waals surface area contributed by atoms with Gasteiger partial charge in [-0.3, -0.25) is 0 Å². The molecule has 0 heterocycles. The molecule has 0 aromatic heterocycles. The molecule has 0 saturated heterocycles. The molecule has 0 aliphatic rings. The van der Waals surface area contributed by atoms with Crippen molar-refractivity contribution < 1.29 is 14.6 Å². The number of phenolic OH excluding ortho intramolecular Hbond substituents is 1. The molecule has 0 atom stereocenters. The van der Waals surface area contributed by atoms with E-state index in [9.17, 15) is 4.79 Å². The summed E-state index contributed by atoms with van der Waals surface area (Å²) in [5.41, 5.74) is 1.44. The monoisotopic (exact) mass is 280 g/mol. The quantitative estimate of drug-likeness (QED) is 0.512. The number of benzene rings is 2. The highest BCUT2D eigenvalue weighted by molar-refractivity contribution is 5.89. The summed E-state index contributed by atoms with van der Waals surface area (Å²) < 4.78 is 5.15. The van der Waals surface area contributed by atoms with Gasteiger partial charge < -0.3 is 9.84 Å². The topological polar surface area (TPSA) is 46.5 Å². The third kappa shape index (κ3) is 4.66. The van der Waals surface area contributed by atoms with E-state index >= 15 is 0 Å². The average Bonchev–Trinajstić information content (AvgIpc) is 2.50. The molecule has 0 aliphatic carbocycles. The maximum atomic E-state index is 11.8. The Morgan fingerprint density at radius 3 is 2.43 bits per heavy atom. The molecular formula is C18H16O3. The third-order valence-electron chi connectivity index (χ3n) is 2.81. The SMILES string of the molecule is C=C(CC=Cc1ccccc1)C(=O)Oc1ccc(O)cc1. The molecule has 1 N–H and O–H groups in total. The van der Waals surface area contributed by atoms with Crippen molar-refractivity contribution in [2.24, 2.45) is 0 Å². The van der Waals surface area contributed by atoms with Gasteiger partial charge in [0.2, 0.25) is 0 Å². The normalized spacial score (nSPS) is 10.5. The lowest BCUT2D eigenvalue weighted by atomic mass is 10.1. The van der Waals surface area contributed by atoms with Crippen LogP contribution in [-0.4, -0.2) is 11.1 Å². The van der Waals surface area contributed by atoms with E-state index in [0.717, 1.165) is 5.56 Å². The first-order chi connectivity index (χ1) is 10.1. The maximum Gasteiger partial charge on any atom is 0.339 e. The Morgan fingerprint density at radius 1 is 1.10 bits per heavy atom. The second kappa shape index (κ2) is 7.10. The smallest absolute Gasteiger partial charge is 0.339 e. The van der Waals surface area contributed by atoms with E-state index in [-0.39, 0.29) is 5.75 Å². The van der Waals surface area contributed by atoms with E-state index in [4.69, 9.17) is 9.84 Å². The first-order valence-corrected chi connectivity index (χ1v) is 6.56. The second-order valence-corrected chi connectivity index (χ2v) is 4.50. The van der Waals surface area contributed by atoms with Crippen molar-refractivity contribution >= 4 is 12.0 Å². The summed E-state index contributed by atoms with van der Waals surface area (Å²) in [6, 6.07) is 15.8. The standard InChI is InChI=1S/C18H16O3/c1-14(6-5-9-15-7-3-2-4-8-15)18(20)21-17-12-10-16(19)11-13-17/h2-5,7-13,19H,1,6H2. The highest BCUT2D eigenvalue weighted by atomic mass is 16.5. The number of esters is 1. The number of phenols is 1. The molecule has 0 bridgehead atoms. The van der Waals surface area contributed by atoms with Gasteiger partial charge in [-0.15, -0.1) is 0 Å². The first-order valence-electron chi connectivity index (χ1n) is 6.56. The minimum absolute atomic E-state index is 0.124. The fourth-order valence-electron chi connectivity index (χ4n) is 1.68. The van der Waals surface area contributed by atoms with Crippen molar-refractivity contribution in [3.63, 3.8) is 0 Å². The van der Waals surface area contributed by atoms with E-state index in [1.165, 1.54) is 24.3 Å². The number of ether oxygens (including phenoxy) is 1. The minimum atomic E-state index is -0.474. The number of aromatic hydroxyl groups is 1. The van der Waals surface area contributed by atoms with Gasteiger partial charge in [-0.25, -0.2) is 4.79 Å². The van der Waals surface area contributed by atoms with Gasteiger partial charge in [0.15, 0.2) is 0 Å². The minimum Gasteiger partial charge on any atom is -0.508 e. The largest absolute Gasteiger partial charge is 0.508 e. The molecule has 0 saturated carbocycles. The summed E-state index contributed by atoms with van der Waals surface area (Å²) in [5.74, 6) is 0.0313. The zero-order valence-electron chi connectivity index (χ0n) is 11.5. The van der Waals surface area contributed by atoms with Crippen molar-refractivity contribution in [1.29, 1.82) is 0 Å². The molecule has 0 unspecified atom stereocenters. The van der Waals surface area contributed by atoms with Crippen LogP contribution < -0.4 is 4.74 Å². The lowest BCUT2D eigenvalue weighted by Crippen LogP contribution is -2.09. The number of hydrogen-bond acceptors (Lipinski definition) is 3. The molecule has 0 radical (unpaired) electrons. The highest BCUT2D eigenvalue weighted by Crippen LogP contribution is 2.17. The molecular weight excluding hydrogens is 264 g/mol. The highest BCUT2D eigenvalue weighted by Gasteiger charge is 2.08. The van der Waals surface area contributed by atoms with Crippen molar-refractivity contribution in [3.05, 3.63) is 78.4 Å². The predicted octanol–water partition coefficient (Wildman–Crippen LogP) is 3.96. The van der Waals surface area contributed by atoms with Gasteiger partial charge in [-0.2, -0.15) is 0 Å². The molecule has 0 amide bonds. The number of hydrogen-bond donors (Lipinski definition) is 1. The zero-order valence-corrected chi connectivity index (χ0v) is 11.5. The fourth-order valence-corrected chi connectivity index (χ4v) is 1.68. The molecule has 0 spiro atoms. The van der Waals surface area contributed by atoms with E-state index in [1.807, 2.05) is 42.5 Å². The van der Waals surface area contributed by atoms with Crippen LogP contribution in [0.1, 0.15) is 12.0 Å². The number of carbonyl (C=O) groups is 1. The molecule has 2 aromatic carbocycles. The molecule has 0 fully saturated rings. The fraction of sp³-hybridized carbons (Fsp3) is 0.0556. The molecule has 106 valence electrons. The predicted molar refractivity (Wildman–Crippen MR) is 83.0 cm³/mol. The zero-order chi connectivity index (χ0) is 15.1. The van der Waals surface area contributed by atoms with Gasteiger partial charge in [-0.05, 0) is 36.2 Å². The molecule has 3 heteroatoms. The Labute approximate surface area is 123 Å². The lowest BCUT2D eigenvalue weighted by Gasteiger charge is -2.05. The van der Waals surface area contributed by atoms with Crippen LogP contribution in [0.4, 0.5) is 0 Å². The van der Waals surface area contributed by atoms with E-state index in [1.54, 1.807) is 0 Å². The van der Waals surface area contributed by atoms with Crippen LogP contribution in [0.25, 0.3) is 6.08 Å². The molecule has 21 heavy (non-hydrogen) atoms. The van der Waals surface area contributed by atoms with Crippen LogP contribution in [0.3, 0.4) is 0 Å². The Morgan fingerprint density at radius 2 is 1.76 bits per heavy atom. The summed E-state index contributed by atoms with van der Waals surface area (Å²) in [6.07, 6.45) is 4.22.